The molecule has 0 saturated heterocycles. The van der Waals surface area contributed by atoms with Gasteiger partial charge in [0, 0.05) is 30.4 Å². The van der Waals surface area contributed by atoms with Gasteiger partial charge in [-0.1, -0.05) is 42.5 Å². The number of Topliss-reactive ketones (excluding diaryl/α,β-unsaturated/α-hetero) is 1. The third-order valence-electron chi connectivity index (χ3n) is 3.41. The molecule has 0 radical (unpaired) electrons. The van der Waals surface area contributed by atoms with Crippen LogP contribution < -0.4 is 0 Å². The van der Waals surface area contributed by atoms with Gasteiger partial charge < -0.3 is 4.57 Å². The Bertz CT molecular complexity index is 591. The highest BCUT2D eigenvalue weighted by atomic mass is 16.1. The maximum Gasteiger partial charge on any atom is 0.167 e. The maximum atomic E-state index is 11.9. The molecule has 2 nitrogen and oxygen atoms in total. The molecule has 3 rings (SSSR count). The molecule has 1 heterocycles. The molecule has 0 unspecified atom stereocenters. The second-order valence-electron chi connectivity index (χ2n) is 5.05. The van der Waals surface area contributed by atoms with Crippen molar-refractivity contribution < 1.29 is 4.79 Å². The van der Waals surface area contributed by atoms with E-state index < -0.39 is 0 Å². The maximum absolute atomic E-state index is 11.9. The number of ketones is 1. The molecule has 1 saturated carbocycles. The Morgan fingerprint density at radius 2 is 2.00 bits per heavy atom. The highest BCUT2D eigenvalue weighted by molar-refractivity contribution is 5.99. The van der Waals surface area contributed by atoms with Crippen LogP contribution >= 0.6 is 0 Å². The van der Waals surface area contributed by atoms with Crippen molar-refractivity contribution in [1.82, 2.24) is 4.57 Å². The number of nitrogens with zero attached hydrogens (tertiary/aromatic N) is 1. The highest BCUT2D eigenvalue weighted by Crippen LogP contribution is 2.32. The number of hydrogen-bond acceptors (Lipinski definition) is 1. The van der Waals surface area contributed by atoms with Crippen LogP contribution in [0.25, 0.3) is 6.08 Å². The minimum atomic E-state index is 0.302. The van der Waals surface area contributed by atoms with Gasteiger partial charge in [-0.15, -0.1) is 0 Å². The van der Waals surface area contributed by atoms with Crippen LogP contribution in [0.15, 0.2) is 54.9 Å². The summed E-state index contributed by atoms with van der Waals surface area (Å²) in [6.45, 7) is 0.798. The Kier molecular flexibility index (Phi) is 3.32. The lowest BCUT2D eigenvalue weighted by Gasteiger charge is -1.97. The van der Waals surface area contributed by atoms with Crippen LogP contribution in [0.2, 0.25) is 0 Å². The minimum Gasteiger partial charge on any atom is -0.350 e. The molecule has 0 spiro atoms. The van der Waals surface area contributed by atoms with Crippen molar-refractivity contribution in [2.45, 2.75) is 19.4 Å². The number of carbonyl (C=O) groups excluding carboxylic acids is 1. The zero-order valence-corrected chi connectivity index (χ0v) is 10.8. The molecule has 0 amide bonds. The summed E-state index contributed by atoms with van der Waals surface area (Å²) in [6.07, 6.45) is 10.3. The van der Waals surface area contributed by atoms with Crippen LogP contribution in [-0.4, -0.2) is 10.4 Å². The SMILES string of the molecule is O=C(c1ccn(CC=Cc2ccccc2)c1)C1CC1. The summed E-state index contributed by atoms with van der Waals surface area (Å²) < 4.78 is 2.05. The number of aromatic nitrogens is 1. The summed E-state index contributed by atoms with van der Waals surface area (Å²) in [5.74, 6) is 0.612. The van der Waals surface area contributed by atoms with Gasteiger partial charge in [0.25, 0.3) is 0 Å². The Morgan fingerprint density at radius 3 is 2.74 bits per heavy atom. The second-order valence-corrected chi connectivity index (χ2v) is 5.05. The Hall–Kier alpha value is -2.09. The van der Waals surface area contributed by atoms with E-state index in [0.717, 1.165) is 24.9 Å². The molecule has 0 N–H and O–H groups in total. The summed E-state index contributed by atoms with van der Waals surface area (Å²) in [4.78, 5) is 11.9. The third-order valence-corrected chi connectivity index (χ3v) is 3.41. The number of hydrogen-bond donors (Lipinski definition) is 0. The molecule has 0 aliphatic heterocycles. The van der Waals surface area contributed by atoms with Crippen molar-refractivity contribution in [1.29, 1.82) is 0 Å². The van der Waals surface area contributed by atoms with E-state index in [1.54, 1.807) is 0 Å². The van der Waals surface area contributed by atoms with Crippen molar-refractivity contribution in [3.8, 4) is 0 Å². The Balaban J connectivity index is 1.61. The van der Waals surface area contributed by atoms with Gasteiger partial charge in [0.2, 0.25) is 0 Å². The van der Waals surface area contributed by atoms with E-state index in [9.17, 15) is 4.79 Å². The molecule has 19 heavy (non-hydrogen) atoms. The summed E-state index contributed by atoms with van der Waals surface area (Å²) in [6, 6.07) is 12.2. The number of allylic oxidation sites excluding steroid dienone is 1. The van der Waals surface area contributed by atoms with Crippen molar-refractivity contribution >= 4 is 11.9 Å². The van der Waals surface area contributed by atoms with Gasteiger partial charge in [0.1, 0.15) is 0 Å². The van der Waals surface area contributed by atoms with Crippen molar-refractivity contribution in [3.63, 3.8) is 0 Å². The molecule has 1 fully saturated rings. The zero-order valence-electron chi connectivity index (χ0n) is 10.8. The van der Waals surface area contributed by atoms with Crippen LogP contribution in [0.5, 0.6) is 0 Å². The smallest absolute Gasteiger partial charge is 0.167 e. The third kappa shape index (κ3) is 3.02. The van der Waals surface area contributed by atoms with Gasteiger partial charge >= 0.3 is 0 Å². The van der Waals surface area contributed by atoms with Gasteiger partial charge in [0.15, 0.2) is 5.78 Å². The molecule has 0 atom stereocenters. The molecule has 0 bridgehead atoms. The molecule has 2 heteroatoms. The quantitative estimate of drug-likeness (QED) is 0.741. The first kappa shape index (κ1) is 12.0. The predicted molar refractivity (Wildman–Crippen MR) is 77.0 cm³/mol. The molecule has 1 aliphatic carbocycles. The van der Waals surface area contributed by atoms with E-state index in [1.807, 2.05) is 36.7 Å². The summed E-state index contributed by atoms with van der Waals surface area (Å²) >= 11 is 0. The minimum absolute atomic E-state index is 0.302. The van der Waals surface area contributed by atoms with E-state index in [4.69, 9.17) is 0 Å². The monoisotopic (exact) mass is 251 g/mol. The van der Waals surface area contributed by atoms with E-state index >= 15 is 0 Å². The van der Waals surface area contributed by atoms with Crippen molar-refractivity contribution in [2.75, 3.05) is 0 Å². The standard InChI is InChI=1S/C17H17NO/c19-17(15-8-9-15)16-10-12-18(13-16)11-4-7-14-5-2-1-3-6-14/h1-7,10,12-13,15H,8-9,11H2. The fourth-order valence-electron chi connectivity index (χ4n) is 2.16. The molecule has 1 aliphatic rings. The Morgan fingerprint density at radius 1 is 1.21 bits per heavy atom. The average Bonchev–Trinajstić information content (AvgIpc) is 3.19. The van der Waals surface area contributed by atoms with Crippen LogP contribution in [0.1, 0.15) is 28.8 Å². The van der Waals surface area contributed by atoms with Gasteiger partial charge in [-0.05, 0) is 24.5 Å². The lowest BCUT2D eigenvalue weighted by atomic mass is 10.1. The predicted octanol–water partition coefficient (Wildman–Crippen LogP) is 3.79. The first-order chi connectivity index (χ1) is 9.33. The van der Waals surface area contributed by atoms with E-state index in [1.165, 1.54) is 5.56 Å². The summed E-state index contributed by atoms with van der Waals surface area (Å²) in [5, 5.41) is 0. The lowest BCUT2D eigenvalue weighted by molar-refractivity contribution is 0.0967. The molecular formula is C17H17NO. The Labute approximate surface area is 113 Å². The van der Waals surface area contributed by atoms with Gasteiger partial charge in [-0.2, -0.15) is 0 Å². The molecular weight excluding hydrogens is 234 g/mol. The topological polar surface area (TPSA) is 22.0 Å². The highest BCUT2D eigenvalue weighted by Gasteiger charge is 2.30. The normalized spacial score (nSPS) is 14.9. The van der Waals surface area contributed by atoms with Crippen molar-refractivity contribution in [2.24, 2.45) is 5.92 Å². The fourth-order valence-corrected chi connectivity index (χ4v) is 2.16. The fraction of sp³-hybridized carbons (Fsp3) is 0.235. The number of benzene rings is 1. The number of rotatable bonds is 5. The van der Waals surface area contributed by atoms with Crippen LogP contribution in [0.3, 0.4) is 0 Å². The molecule has 1 aromatic heterocycles. The van der Waals surface area contributed by atoms with Gasteiger partial charge in [-0.3, -0.25) is 4.79 Å². The summed E-state index contributed by atoms with van der Waals surface area (Å²) in [7, 11) is 0. The molecule has 2 aromatic rings. The van der Waals surface area contributed by atoms with E-state index in [-0.39, 0.29) is 0 Å². The molecule has 1 aromatic carbocycles. The average molecular weight is 251 g/mol. The summed E-state index contributed by atoms with van der Waals surface area (Å²) in [5.41, 5.74) is 2.06. The second kappa shape index (κ2) is 5.27. The first-order valence-electron chi connectivity index (χ1n) is 6.74. The van der Waals surface area contributed by atoms with Gasteiger partial charge in [-0.25, -0.2) is 0 Å². The van der Waals surface area contributed by atoms with E-state index in [0.29, 0.717) is 11.7 Å². The lowest BCUT2D eigenvalue weighted by Crippen LogP contribution is -1.99. The van der Waals surface area contributed by atoms with Crippen LogP contribution in [-0.2, 0) is 6.54 Å². The zero-order chi connectivity index (χ0) is 13.1. The van der Waals surface area contributed by atoms with Crippen LogP contribution in [0.4, 0.5) is 0 Å². The number of carbonyl (C=O) groups is 1. The van der Waals surface area contributed by atoms with Crippen molar-refractivity contribution in [3.05, 3.63) is 66.0 Å². The largest absolute Gasteiger partial charge is 0.350 e. The molecule has 96 valence electrons. The first-order valence-corrected chi connectivity index (χ1v) is 6.74. The van der Waals surface area contributed by atoms with Gasteiger partial charge in [0.05, 0.1) is 0 Å². The van der Waals surface area contributed by atoms with Crippen LogP contribution in [0, 0.1) is 5.92 Å². The van der Waals surface area contributed by atoms with E-state index in [2.05, 4.69) is 28.9 Å².